The minimum absolute atomic E-state index is 0.505. The molecule has 2 aromatic carbocycles. The molecule has 0 amide bonds. The molecule has 6 rings (SSSR count). The zero-order valence-electron chi connectivity index (χ0n) is 18.1. The molecule has 1 fully saturated rings. The second-order valence-corrected chi connectivity index (χ2v) is 8.66. The van der Waals surface area contributed by atoms with Crippen LogP contribution in [0.15, 0.2) is 60.0 Å². The number of rotatable bonds is 3. The zero-order valence-corrected chi connectivity index (χ0v) is 18.1. The summed E-state index contributed by atoms with van der Waals surface area (Å²) in [5.74, 6) is 2.71. The van der Waals surface area contributed by atoms with Gasteiger partial charge in [0.2, 0.25) is 0 Å². The molecule has 0 radical (unpaired) electrons. The van der Waals surface area contributed by atoms with Crippen molar-refractivity contribution in [3.05, 3.63) is 66.4 Å². The molecule has 0 aliphatic carbocycles. The maximum absolute atomic E-state index is 5.90. The van der Waals surface area contributed by atoms with Gasteiger partial charge in [0.05, 0.1) is 22.9 Å². The first-order chi connectivity index (χ1) is 15.6. The lowest BCUT2D eigenvalue weighted by atomic mass is 10.0. The van der Waals surface area contributed by atoms with Gasteiger partial charge in [-0.15, -0.1) is 0 Å². The molecular formula is C25H25N7. The van der Waals surface area contributed by atoms with Gasteiger partial charge in [0, 0.05) is 37.9 Å². The van der Waals surface area contributed by atoms with Crippen LogP contribution in [0.5, 0.6) is 0 Å². The van der Waals surface area contributed by atoms with Gasteiger partial charge in [-0.2, -0.15) is 0 Å². The highest BCUT2D eigenvalue weighted by Crippen LogP contribution is 2.33. The Morgan fingerprint density at radius 3 is 2.59 bits per heavy atom. The van der Waals surface area contributed by atoms with Crippen LogP contribution in [0.2, 0.25) is 0 Å². The predicted octanol–water partition coefficient (Wildman–Crippen LogP) is 4.19. The van der Waals surface area contributed by atoms with Gasteiger partial charge < -0.3 is 15.2 Å². The van der Waals surface area contributed by atoms with Gasteiger partial charge in [-0.3, -0.25) is 4.98 Å². The minimum Gasteiger partial charge on any atom is -0.387 e. The number of nitrogens with zero attached hydrogens (tertiary/aromatic N) is 6. The van der Waals surface area contributed by atoms with E-state index < -0.39 is 0 Å². The highest BCUT2D eigenvalue weighted by atomic mass is 15.2. The summed E-state index contributed by atoms with van der Waals surface area (Å²) in [7, 11) is 0. The maximum Gasteiger partial charge on any atom is 0.147 e. The summed E-state index contributed by atoms with van der Waals surface area (Å²) < 4.78 is 2.30. The van der Waals surface area contributed by atoms with Crippen LogP contribution >= 0.6 is 0 Å². The van der Waals surface area contributed by atoms with Gasteiger partial charge in [-0.1, -0.05) is 18.2 Å². The quantitative estimate of drug-likeness (QED) is 0.534. The van der Waals surface area contributed by atoms with Crippen molar-refractivity contribution in [1.82, 2.24) is 19.5 Å². The van der Waals surface area contributed by atoms with Crippen LogP contribution in [0.1, 0.15) is 30.3 Å². The average molecular weight is 424 g/mol. The molecular weight excluding hydrogens is 398 g/mol. The third-order valence-corrected chi connectivity index (χ3v) is 6.63. The lowest BCUT2D eigenvalue weighted by molar-refractivity contribution is 0.389. The number of fused-ring (bicyclic) bond motifs is 2. The van der Waals surface area contributed by atoms with Gasteiger partial charge in [-0.05, 0) is 54.7 Å². The lowest BCUT2D eigenvalue weighted by Gasteiger charge is -2.33. The van der Waals surface area contributed by atoms with Crippen LogP contribution in [-0.2, 0) is 6.42 Å². The number of anilines is 1. The number of imidazole rings is 1. The van der Waals surface area contributed by atoms with Crippen molar-refractivity contribution in [2.45, 2.75) is 32.2 Å². The van der Waals surface area contributed by atoms with Crippen molar-refractivity contribution in [2.24, 2.45) is 10.7 Å². The molecule has 7 nitrogen and oxygen atoms in total. The van der Waals surface area contributed by atoms with Crippen LogP contribution in [0.4, 0.5) is 11.5 Å². The summed E-state index contributed by atoms with van der Waals surface area (Å²) in [6.07, 6.45) is 8.77. The van der Waals surface area contributed by atoms with Crippen molar-refractivity contribution in [3.8, 4) is 11.1 Å². The molecule has 0 bridgehead atoms. The van der Waals surface area contributed by atoms with Crippen molar-refractivity contribution in [2.75, 3.05) is 18.0 Å². The topological polar surface area (TPSA) is 85.2 Å². The molecule has 0 saturated carbocycles. The largest absolute Gasteiger partial charge is 0.387 e. The zero-order chi connectivity index (χ0) is 21.7. The minimum atomic E-state index is 0.505. The van der Waals surface area contributed by atoms with Gasteiger partial charge in [0.15, 0.2) is 0 Å². The van der Waals surface area contributed by atoms with Crippen LogP contribution in [0, 0.1) is 6.92 Å². The Balaban J connectivity index is 1.26. The van der Waals surface area contributed by atoms with E-state index in [1.54, 1.807) is 0 Å². The van der Waals surface area contributed by atoms with Crippen LogP contribution in [0.3, 0.4) is 0 Å². The summed E-state index contributed by atoms with van der Waals surface area (Å²) in [6, 6.07) is 13.1. The van der Waals surface area contributed by atoms with E-state index in [0.717, 1.165) is 71.8 Å². The lowest BCUT2D eigenvalue weighted by Crippen LogP contribution is -2.35. The van der Waals surface area contributed by atoms with Crippen molar-refractivity contribution < 1.29 is 0 Å². The molecule has 4 heterocycles. The van der Waals surface area contributed by atoms with Gasteiger partial charge in [0.25, 0.3) is 0 Å². The summed E-state index contributed by atoms with van der Waals surface area (Å²) in [6.45, 7) is 4.00. The fourth-order valence-corrected chi connectivity index (χ4v) is 4.87. The smallest absolute Gasteiger partial charge is 0.147 e. The van der Waals surface area contributed by atoms with E-state index in [-0.39, 0.29) is 0 Å². The number of aliphatic imine (C=N–C) groups is 1. The molecule has 1 saturated heterocycles. The molecule has 160 valence electrons. The summed E-state index contributed by atoms with van der Waals surface area (Å²) in [4.78, 5) is 20.8. The van der Waals surface area contributed by atoms with E-state index in [1.165, 1.54) is 5.56 Å². The molecule has 2 N–H and O–H groups in total. The molecule has 0 spiro atoms. The summed E-state index contributed by atoms with van der Waals surface area (Å²) in [5.41, 5.74) is 12.1. The maximum atomic E-state index is 5.90. The van der Waals surface area contributed by atoms with E-state index in [1.807, 2.05) is 18.5 Å². The van der Waals surface area contributed by atoms with Crippen LogP contribution in [-0.4, -0.2) is 38.4 Å². The molecule has 0 unspecified atom stereocenters. The molecule has 2 aliphatic heterocycles. The second kappa shape index (κ2) is 7.44. The van der Waals surface area contributed by atoms with Gasteiger partial charge in [0.1, 0.15) is 17.5 Å². The fraction of sp³-hybridized carbons (Fsp3) is 0.280. The molecule has 2 aromatic heterocycles. The third-order valence-electron chi connectivity index (χ3n) is 6.63. The molecule has 0 atom stereocenters. The number of amidine groups is 1. The van der Waals surface area contributed by atoms with E-state index in [0.29, 0.717) is 11.9 Å². The number of benzene rings is 2. The third kappa shape index (κ3) is 3.30. The Bertz CT molecular complexity index is 1350. The molecule has 32 heavy (non-hydrogen) atoms. The Labute approximate surface area is 186 Å². The van der Waals surface area contributed by atoms with Gasteiger partial charge >= 0.3 is 0 Å². The van der Waals surface area contributed by atoms with Crippen LogP contribution < -0.4 is 10.6 Å². The number of piperidine rings is 1. The molecule has 4 aromatic rings. The van der Waals surface area contributed by atoms with E-state index in [2.05, 4.69) is 67.9 Å². The van der Waals surface area contributed by atoms with E-state index in [4.69, 9.17) is 10.7 Å². The Kier molecular flexibility index (Phi) is 4.41. The normalized spacial score (nSPS) is 16.4. The fourth-order valence-electron chi connectivity index (χ4n) is 4.87. The number of aromatic nitrogens is 4. The Hall–Kier alpha value is -3.74. The highest BCUT2D eigenvalue weighted by Gasteiger charge is 2.22. The number of aryl methyl sites for hydroxylation is 1. The summed E-state index contributed by atoms with van der Waals surface area (Å²) >= 11 is 0. The average Bonchev–Trinajstić information content (AvgIpc) is 3.42. The van der Waals surface area contributed by atoms with Crippen LogP contribution in [0.25, 0.3) is 22.2 Å². The van der Waals surface area contributed by atoms with E-state index in [9.17, 15) is 0 Å². The van der Waals surface area contributed by atoms with Crippen molar-refractivity contribution in [3.63, 3.8) is 0 Å². The highest BCUT2D eigenvalue weighted by molar-refractivity contribution is 5.92. The summed E-state index contributed by atoms with van der Waals surface area (Å²) in [5, 5.41) is 0. The van der Waals surface area contributed by atoms with Crippen molar-refractivity contribution >= 4 is 28.4 Å². The van der Waals surface area contributed by atoms with Gasteiger partial charge in [-0.25, -0.2) is 15.0 Å². The molecule has 2 aliphatic rings. The first-order valence-electron chi connectivity index (χ1n) is 11.1. The second-order valence-electron chi connectivity index (χ2n) is 8.66. The SMILES string of the molecule is Cc1nccn1C1CCN(c2cnc3ccc(-c4ccc5c(c4)N=C(N)C5)cc3n2)CC1. The first-order valence-corrected chi connectivity index (χ1v) is 11.1. The number of hydrogen-bond acceptors (Lipinski definition) is 6. The van der Waals surface area contributed by atoms with E-state index >= 15 is 0 Å². The standard InChI is InChI=1S/C25H25N7/c1-16-27-8-11-32(16)20-6-9-31(10-7-20)25-15-28-21-5-4-18(13-23(21)30-25)17-2-3-19-14-24(26)29-22(19)12-17/h2-5,8,11-13,15,20H,6-7,9-10,14H2,1H3,(H2,26,29). The number of hydrogen-bond donors (Lipinski definition) is 1. The monoisotopic (exact) mass is 423 g/mol. The number of nitrogens with two attached hydrogens (primary N) is 1. The Morgan fingerprint density at radius 2 is 1.78 bits per heavy atom. The molecule has 7 heteroatoms. The predicted molar refractivity (Wildman–Crippen MR) is 127 cm³/mol. The first kappa shape index (κ1) is 19.0. The Morgan fingerprint density at radius 1 is 0.969 bits per heavy atom. The van der Waals surface area contributed by atoms with Crippen molar-refractivity contribution in [1.29, 1.82) is 0 Å².